The summed E-state index contributed by atoms with van der Waals surface area (Å²) in [6.07, 6.45) is 3.11. The summed E-state index contributed by atoms with van der Waals surface area (Å²) in [5, 5.41) is 6.44. The van der Waals surface area contributed by atoms with Crippen LogP contribution in [0, 0.1) is 0 Å². The van der Waals surface area contributed by atoms with Crippen molar-refractivity contribution in [3.8, 4) is 0 Å². The topological polar surface area (TPSA) is 78.5 Å². The van der Waals surface area contributed by atoms with E-state index >= 15 is 0 Å². The number of fused-ring (bicyclic) bond motifs is 1. The second-order valence-electron chi connectivity index (χ2n) is 4.93. The third-order valence-corrected chi connectivity index (χ3v) is 3.72. The smallest absolute Gasteiger partial charge is 0.272 e. The van der Waals surface area contributed by atoms with Gasteiger partial charge in [-0.15, -0.1) is 6.58 Å². The third-order valence-electron chi connectivity index (χ3n) is 3.72. The van der Waals surface area contributed by atoms with Crippen molar-refractivity contribution < 1.29 is 14.3 Å². The minimum Gasteiger partial charge on any atom is -0.364 e. The number of carbonyl (C=O) groups is 2. The monoisotopic (exact) mass is 276 g/mol. The fourth-order valence-electron chi connectivity index (χ4n) is 2.75. The number of aromatic amines is 1. The van der Waals surface area contributed by atoms with Crippen LogP contribution in [-0.4, -0.2) is 70.2 Å². The van der Waals surface area contributed by atoms with Crippen LogP contribution in [-0.2, 0) is 9.53 Å². The molecule has 106 valence electrons. The Balaban J connectivity index is 1.75. The molecule has 0 spiro atoms. The molecule has 2 atom stereocenters. The van der Waals surface area contributed by atoms with E-state index in [9.17, 15) is 9.59 Å². The number of hydrogen-bond donors (Lipinski definition) is 1. The Morgan fingerprint density at radius 3 is 3.15 bits per heavy atom. The van der Waals surface area contributed by atoms with E-state index in [4.69, 9.17) is 4.74 Å². The van der Waals surface area contributed by atoms with Gasteiger partial charge in [-0.3, -0.25) is 14.7 Å². The highest BCUT2D eigenvalue weighted by atomic mass is 16.5. The van der Waals surface area contributed by atoms with Crippen molar-refractivity contribution in [3.63, 3.8) is 0 Å². The number of likely N-dealkylation sites (tertiary alicyclic amines) is 1. The third kappa shape index (κ3) is 2.09. The number of H-pyrrole nitrogens is 1. The molecule has 2 aliphatic heterocycles. The van der Waals surface area contributed by atoms with E-state index < -0.39 is 0 Å². The summed E-state index contributed by atoms with van der Waals surface area (Å²) in [6, 6.07) is 1.54. The molecule has 1 aromatic rings. The number of ether oxygens (including phenoxy) is 1. The first kappa shape index (κ1) is 12.9. The number of carbonyl (C=O) groups excluding carboxylic acids is 2. The first-order chi connectivity index (χ1) is 9.70. The molecule has 0 aromatic carbocycles. The lowest BCUT2D eigenvalue weighted by Crippen LogP contribution is -2.53. The van der Waals surface area contributed by atoms with Gasteiger partial charge in [0, 0.05) is 25.8 Å². The second kappa shape index (κ2) is 5.09. The molecule has 0 bridgehead atoms. The van der Waals surface area contributed by atoms with E-state index in [0.717, 1.165) is 0 Å². The van der Waals surface area contributed by atoms with E-state index in [1.807, 2.05) is 0 Å². The number of morpholine rings is 1. The van der Waals surface area contributed by atoms with Crippen LogP contribution in [0.1, 0.15) is 10.5 Å². The van der Waals surface area contributed by atoms with Crippen LogP contribution >= 0.6 is 0 Å². The molecule has 2 fully saturated rings. The van der Waals surface area contributed by atoms with E-state index in [0.29, 0.717) is 25.3 Å². The van der Waals surface area contributed by atoms with E-state index in [1.54, 1.807) is 28.1 Å². The zero-order chi connectivity index (χ0) is 14.1. The van der Waals surface area contributed by atoms with Crippen LogP contribution in [0.3, 0.4) is 0 Å². The molecule has 1 aromatic heterocycles. The first-order valence-corrected chi connectivity index (χ1v) is 6.51. The maximum absolute atomic E-state index is 12.3. The Bertz CT molecular complexity index is 528. The summed E-state index contributed by atoms with van der Waals surface area (Å²) in [6.45, 7) is 5.19. The largest absolute Gasteiger partial charge is 0.364 e. The molecule has 3 heterocycles. The van der Waals surface area contributed by atoms with E-state index in [-0.39, 0.29) is 30.6 Å². The van der Waals surface area contributed by atoms with Crippen molar-refractivity contribution in [1.82, 2.24) is 20.0 Å². The van der Waals surface area contributed by atoms with Crippen LogP contribution in [0.5, 0.6) is 0 Å². The second-order valence-corrected chi connectivity index (χ2v) is 4.93. The Kier molecular flexibility index (Phi) is 3.27. The highest BCUT2D eigenvalue weighted by molar-refractivity contribution is 5.92. The van der Waals surface area contributed by atoms with Gasteiger partial charge in [0.2, 0.25) is 5.91 Å². The molecule has 0 unspecified atom stereocenters. The number of aromatic nitrogens is 2. The molecular weight excluding hydrogens is 260 g/mol. The molecule has 2 saturated heterocycles. The quantitative estimate of drug-likeness (QED) is 0.765. The highest BCUT2D eigenvalue weighted by Gasteiger charge is 2.44. The number of hydrogen-bond acceptors (Lipinski definition) is 4. The van der Waals surface area contributed by atoms with Gasteiger partial charge >= 0.3 is 0 Å². The summed E-state index contributed by atoms with van der Waals surface area (Å²) in [5.74, 6) is -0.173. The van der Waals surface area contributed by atoms with Gasteiger partial charge in [0.05, 0.1) is 12.1 Å². The van der Waals surface area contributed by atoms with Crippen molar-refractivity contribution in [1.29, 1.82) is 0 Å². The van der Waals surface area contributed by atoms with Crippen LogP contribution in [0.2, 0.25) is 0 Å². The minimum absolute atomic E-state index is 0.0537. The summed E-state index contributed by atoms with van der Waals surface area (Å²) < 4.78 is 5.54. The van der Waals surface area contributed by atoms with Gasteiger partial charge in [-0.2, -0.15) is 5.10 Å². The number of nitrogens with zero attached hydrogens (tertiary/aromatic N) is 3. The van der Waals surface area contributed by atoms with Crippen molar-refractivity contribution in [2.75, 3.05) is 26.2 Å². The molecule has 0 radical (unpaired) electrons. The maximum atomic E-state index is 12.3. The molecule has 0 saturated carbocycles. The zero-order valence-corrected chi connectivity index (χ0v) is 11.0. The maximum Gasteiger partial charge on any atom is 0.272 e. The van der Waals surface area contributed by atoms with Crippen molar-refractivity contribution in [2.24, 2.45) is 0 Å². The van der Waals surface area contributed by atoms with Gasteiger partial charge in [0.1, 0.15) is 12.3 Å². The molecule has 7 nitrogen and oxygen atoms in total. The lowest BCUT2D eigenvalue weighted by atomic mass is 10.1. The zero-order valence-electron chi connectivity index (χ0n) is 11.0. The lowest BCUT2D eigenvalue weighted by Gasteiger charge is -2.35. The van der Waals surface area contributed by atoms with Crippen molar-refractivity contribution in [2.45, 2.75) is 12.1 Å². The molecule has 2 aliphatic rings. The molecule has 2 amide bonds. The predicted molar refractivity (Wildman–Crippen MR) is 69.9 cm³/mol. The summed E-state index contributed by atoms with van der Waals surface area (Å²) in [5.41, 5.74) is 0.449. The lowest BCUT2D eigenvalue weighted by molar-refractivity contribution is -0.151. The summed E-state index contributed by atoms with van der Waals surface area (Å²) in [7, 11) is 0. The SMILES string of the molecule is C=CCN1C(=O)CO[C@@H]2CN(C(=O)c3ccn[nH]3)C[C@H]21. The number of amides is 2. The molecule has 7 heteroatoms. The summed E-state index contributed by atoms with van der Waals surface area (Å²) >= 11 is 0. The fourth-order valence-corrected chi connectivity index (χ4v) is 2.75. The Hall–Kier alpha value is -2.15. The van der Waals surface area contributed by atoms with Gasteiger partial charge in [-0.1, -0.05) is 6.08 Å². The van der Waals surface area contributed by atoms with Gasteiger partial charge in [-0.25, -0.2) is 0 Å². The number of rotatable bonds is 3. The Labute approximate surface area is 116 Å². The van der Waals surface area contributed by atoms with Gasteiger partial charge in [0.25, 0.3) is 5.91 Å². The van der Waals surface area contributed by atoms with Crippen LogP contribution < -0.4 is 0 Å². The van der Waals surface area contributed by atoms with Crippen LogP contribution in [0.4, 0.5) is 0 Å². The average Bonchev–Trinajstić information content (AvgIpc) is 3.10. The average molecular weight is 276 g/mol. The Morgan fingerprint density at radius 2 is 2.45 bits per heavy atom. The van der Waals surface area contributed by atoms with Crippen LogP contribution in [0.25, 0.3) is 0 Å². The molecule has 3 rings (SSSR count). The van der Waals surface area contributed by atoms with Crippen LogP contribution in [0.15, 0.2) is 24.9 Å². The highest BCUT2D eigenvalue weighted by Crippen LogP contribution is 2.24. The fraction of sp³-hybridized carbons (Fsp3) is 0.462. The molecular formula is C13H16N4O3. The molecule has 20 heavy (non-hydrogen) atoms. The summed E-state index contributed by atoms with van der Waals surface area (Å²) in [4.78, 5) is 27.6. The molecule has 1 N–H and O–H groups in total. The van der Waals surface area contributed by atoms with Crippen molar-refractivity contribution >= 4 is 11.8 Å². The van der Waals surface area contributed by atoms with E-state index in [1.165, 1.54) is 0 Å². The van der Waals surface area contributed by atoms with Gasteiger partial charge < -0.3 is 14.5 Å². The molecule has 0 aliphatic carbocycles. The van der Waals surface area contributed by atoms with Gasteiger partial charge in [0.15, 0.2) is 0 Å². The number of nitrogens with one attached hydrogen (secondary N) is 1. The van der Waals surface area contributed by atoms with Crippen molar-refractivity contribution in [3.05, 3.63) is 30.6 Å². The minimum atomic E-state index is -0.125. The standard InChI is InChI=1S/C13H16N4O3/c1-2-5-17-10-6-16(7-11(10)20-8-12(17)18)13(19)9-3-4-14-15-9/h2-4,10-11H,1,5-8H2,(H,14,15)/t10-,11-/m1/s1. The Morgan fingerprint density at radius 1 is 1.60 bits per heavy atom. The van der Waals surface area contributed by atoms with E-state index in [2.05, 4.69) is 16.8 Å². The normalized spacial score (nSPS) is 25.7. The predicted octanol–water partition coefficient (Wildman–Crippen LogP) is -0.353. The van der Waals surface area contributed by atoms with Gasteiger partial charge in [-0.05, 0) is 6.07 Å². The first-order valence-electron chi connectivity index (χ1n) is 6.51.